The number of rotatable bonds is 10. The van der Waals surface area contributed by atoms with E-state index < -0.39 is 5.91 Å². The fourth-order valence-electron chi connectivity index (χ4n) is 4.23. The summed E-state index contributed by atoms with van der Waals surface area (Å²) in [7, 11) is 0. The Balaban J connectivity index is 1.34. The molecule has 1 amide bonds. The molecule has 4 rings (SSSR count). The monoisotopic (exact) mass is 511 g/mol. The van der Waals surface area contributed by atoms with Crippen molar-refractivity contribution in [2.24, 2.45) is 0 Å². The Bertz CT molecular complexity index is 1100. The molecule has 0 saturated carbocycles. The number of aromatic nitrogens is 1. The number of hydroxylamine groups is 1. The van der Waals surface area contributed by atoms with Gasteiger partial charge in [-0.3, -0.25) is 14.9 Å². The Kier molecular flexibility index (Phi) is 9.17. The summed E-state index contributed by atoms with van der Waals surface area (Å²) in [5, 5.41) is 9.61. The molecular weight excluding hydrogens is 478 g/mol. The number of carbonyl (C=O) groups excluding carboxylic acids is 1. The molecule has 0 aliphatic carbocycles. The Morgan fingerprint density at radius 2 is 1.86 bits per heavy atom. The number of piperazine rings is 1. The van der Waals surface area contributed by atoms with Crippen LogP contribution in [0.4, 0.5) is 5.13 Å². The van der Waals surface area contributed by atoms with Gasteiger partial charge in [0.05, 0.1) is 6.20 Å². The van der Waals surface area contributed by atoms with Crippen molar-refractivity contribution < 1.29 is 10.0 Å². The Hall–Kier alpha value is -2.43. The molecule has 9 heteroatoms. The SMILES string of the molecule is CCCN(CC)Cc1ccccc1-c1ccc(SN2CCN(c3ncc(C(=O)NO)s3)CC2)cc1. The Morgan fingerprint density at radius 1 is 1.11 bits per heavy atom. The highest BCUT2D eigenvalue weighted by molar-refractivity contribution is 7.97. The van der Waals surface area contributed by atoms with Crippen LogP contribution in [0.25, 0.3) is 11.1 Å². The minimum Gasteiger partial charge on any atom is -0.345 e. The molecular formula is C26H33N5O2S2. The average molecular weight is 512 g/mol. The number of anilines is 1. The predicted molar refractivity (Wildman–Crippen MR) is 144 cm³/mol. The summed E-state index contributed by atoms with van der Waals surface area (Å²) >= 11 is 3.09. The number of benzene rings is 2. The first kappa shape index (κ1) is 25.7. The van der Waals surface area contributed by atoms with Crippen LogP contribution < -0.4 is 10.4 Å². The second-order valence-electron chi connectivity index (χ2n) is 8.51. The summed E-state index contributed by atoms with van der Waals surface area (Å²) in [5.41, 5.74) is 5.61. The summed E-state index contributed by atoms with van der Waals surface area (Å²) in [4.78, 5) is 22.2. The van der Waals surface area contributed by atoms with E-state index >= 15 is 0 Å². The van der Waals surface area contributed by atoms with Crippen LogP contribution in [0.5, 0.6) is 0 Å². The van der Waals surface area contributed by atoms with Crippen LogP contribution in [0.3, 0.4) is 0 Å². The van der Waals surface area contributed by atoms with E-state index in [1.807, 2.05) is 0 Å². The molecule has 1 saturated heterocycles. The van der Waals surface area contributed by atoms with Gasteiger partial charge in [0.15, 0.2) is 5.13 Å². The fourth-order valence-corrected chi connectivity index (χ4v) is 5.99. The number of carbonyl (C=O) groups is 1. The number of amides is 1. The molecule has 0 radical (unpaired) electrons. The topological polar surface area (TPSA) is 71.9 Å². The van der Waals surface area contributed by atoms with E-state index in [0.29, 0.717) is 4.88 Å². The molecule has 2 N–H and O–H groups in total. The van der Waals surface area contributed by atoms with Crippen LogP contribution in [0, 0.1) is 0 Å². The van der Waals surface area contributed by atoms with Crippen molar-refractivity contribution in [1.29, 1.82) is 0 Å². The number of hydrogen-bond donors (Lipinski definition) is 2. The Labute approximate surface area is 215 Å². The maximum absolute atomic E-state index is 11.6. The molecule has 186 valence electrons. The molecule has 0 unspecified atom stereocenters. The van der Waals surface area contributed by atoms with E-state index in [2.05, 4.69) is 81.5 Å². The van der Waals surface area contributed by atoms with Gasteiger partial charge in [-0.2, -0.15) is 0 Å². The summed E-state index contributed by atoms with van der Waals surface area (Å²) in [5.74, 6) is -0.516. The largest absolute Gasteiger partial charge is 0.345 e. The van der Waals surface area contributed by atoms with Crippen LogP contribution in [-0.4, -0.2) is 64.6 Å². The summed E-state index contributed by atoms with van der Waals surface area (Å²) in [6.07, 6.45) is 2.68. The smallest absolute Gasteiger partial charge is 0.286 e. The van der Waals surface area contributed by atoms with E-state index in [0.717, 1.165) is 50.9 Å². The van der Waals surface area contributed by atoms with Gasteiger partial charge in [-0.05, 0) is 60.3 Å². The molecule has 2 heterocycles. The van der Waals surface area contributed by atoms with Crippen molar-refractivity contribution in [2.45, 2.75) is 31.7 Å². The molecule has 0 bridgehead atoms. The highest BCUT2D eigenvalue weighted by Crippen LogP contribution is 2.31. The van der Waals surface area contributed by atoms with Gasteiger partial charge in [0.1, 0.15) is 4.88 Å². The highest BCUT2D eigenvalue weighted by atomic mass is 32.2. The second kappa shape index (κ2) is 12.5. The van der Waals surface area contributed by atoms with Gasteiger partial charge in [0.2, 0.25) is 0 Å². The third-order valence-corrected chi connectivity index (χ3v) is 8.29. The number of thiazole rings is 1. The van der Waals surface area contributed by atoms with Gasteiger partial charge >= 0.3 is 0 Å². The maximum atomic E-state index is 11.6. The summed E-state index contributed by atoms with van der Waals surface area (Å²) in [6, 6.07) is 17.6. The standard InChI is InChI=1S/C26H33N5O2S2/c1-3-13-29(4-2)19-21-7-5-6-8-23(21)20-9-11-22(12-10-20)35-31-16-14-30(15-17-31)26-27-18-24(34-26)25(32)28-33/h5-12,18,33H,3-4,13-17,19H2,1-2H3,(H,28,32). The van der Waals surface area contributed by atoms with E-state index in [1.165, 1.54) is 45.5 Å². The van der Waals surface area contributed by atoms with Gasteiger partial charge in [-0.25, -0.2) is 14.8 Å². The van der Waals surface area contributed by atoms with Crippen molar-refractivity contribution in [3.05, 3.63) is 65.2 Å². The zero-order valence-electron chi connectivity index (χ0n) is 20.3. The van der Waals surface area contributed by atoms with Crippen molar-refractivity contribution >= 4 is 34.3 Å². The first-order chi connectivity index (χ1) is 17.1. The molecule has 2 aromatic carbocycles. The third-order valence-electron chi connectivity index (χ3n) is 6.13. The molecule has 0 spiro atoms. The number of nitrogens with zero attached hydrogens (tertiary/aromatic N) is 4. The van der Waals surface area contributed by atoms with Gasteiger partial charge in [0, 0.05) is 37.6 Å². The zero-order valence-corrected chi connectivity index (χ0v) is 21.9. The normalized spacial score (nSPS) is 14.5. The molecule has 7 nitrogen and oxygen atoms in total. The molecule has 1 aliphatic rings. The van der Waals surface area contributed by atoms with E-state index in [1.54, 1.807) is 17.4 Å². The lowest BCUT2D eigenvalue weighted by molar-refractivity contribution is 0.0710. The number of hydrogen-bond acceptors (Lipinski definition) is 8. The van der Waals surface area contributed by atoms with Crippen LogP contribution >= 0.6 is 23.3 Å². The zero-order chi connectivity index (χ0) is 24.6. The van der Waals surface area contributed by atoms with Crippen molar-refractivity contribution in [3.63, 3.8) is 0 Å². The Morgan fingerprint density at radius 3 is 2.54 bits per heavy atom. The van der Waals surface area contributed by atoms with Crippen molar-refractivity contribution in [2.75, 3.05) is 44.2 Å². The van der Waals surface area contributed by atoms with Gasteiger partial charge in [0.25, 0.3) is 5.91 Å². The minimum absolute atomic E-state index is 0.411. The number of nitrogens with one attached hydrogen (secondary N) is 1. The molecule has 1 fully saturated rings. The molecule has 0 atom stereocenters. The lowest BCUT2D eigenvalue weighted by Crippen LogP contribution is -2.43. The third kappa shape index (κ3) is 6.62. The first-order valence-electron chi connectivity index (χ1n) is 12.1. The highest BCUT2D eigenvalue weighted by Gasteiger charge is 2.21. The molecule has 3 aromatic rings. The summed E-state index contributed by atoms with van der Waals surface area (Å²) in [6.45, 7) is 11.1. The van der Waals surface area contributed by atoms with Crippen molar-refractivity contribution in [3.8, 4) is 11.1 Å². The first-order valence-corrected chi connectivity index (χ1v) is 13.7. The van der Waals surface area contributed by atoms with Crippen LogP contribution in [0.1, 0.15) is 35.5 Å². The maximum Gasteiger partial charge on any atom is 0.286 e. The fraction of sp³-hybridized carbons (Fsp3) is 0.385. The summed E-state index contributed by atoms with van der Waals surface area (Å²) < 4.78 is 2.37. The van der Waals surface area contributed by atoms with E-state index in [9.17, 15) is 4.79 Å². The molecule has 1 aliphatic heterocycles. The minimum atomic E-state index is -0.516. The van der Waals surface area contributed by atoms with Crippen LogP contribution in [0.2, 0.25) is 0 Å². The van der Waals surface area contributed by atoms with Gasteiger partial charge < -0.3 is 4.90 Å². The quantitative estimate of drug-likeness (QED) is 0.226. The lowest BCUT2D eigenvalue weighted by atomic mass is 9.99. The second-order valence-corrected chi connectivity index (χ2v) is 10.7. The molecule has 1 aromatic heterocycles. The lowest BCUT2D eigenvalue weighted by Gasteiger charge is -2.33. The van der Waals surface area contributed by atoms with Crippen molar-refractivity contribution in [1.82, 2.24) is 19.7 Å². The van der Waals surface area contributed by atoms with E-state index in [4.69, 9.17) is 5.21 Å². The van der Waals surface area contributed by atoms with Gasteiger partial charge in [-0.1, -0.05) is 61.6 Å². The average Bonchev–Trinajstić information content (AvgIpc) is 3.40. The van der Waals surface area contributed by atoms with Crippen LogP contribution in [-0.2, 0) is 6.54 Å². The predicted octanol–water partition coefficient (Wildman–Crippen LogP) is 4.99. The van der Waals surface area contributed by atoms with Crippen LogP contribution in [0.15, 0.2) is 59.6 Å². The van der Waals surface area contributed by atoms with Gasteiger partial charge in [-0.15, -0.1) is 0 Å². The molecule has 35 heavy (non-hydrogen) atoms. The van der Waals surface area contributed by atoms with E-state index in [-0.39, 0.29) is 0 Å².